The number of nitrogens with zero attached hydrogens (tertiary/aromatic N) is 7. The Morgan fingerprint density at radius 3 is 2.71 bits per heavy atom. The minimum atomic E-state index is -0.0405. The molecule has 0 aliphatic heterocycles. The van der Waals surface area contributed by atoms with Gasteiger partial charge in [-0.3, -0.25) is 4.79 Å². The van der Waals surface area contributed by atoms with Gasteiger partial charge in [0.25, 0.3) is 5.95 Å². The molecule has 21 heavy (non-hydrogen) atoms. The van der Waals surface area contributed by atoms with E-state index in [4.69, 9.17) is 5.73 Å². The number of nitrogens with one attached hydrogen (secondary N) is 1. The summed E-state index contributed by atoms with van der Waals surface area (Å²) < 4.78 is 1.36. The number of carbonyl (C=O) groups is 1. The van der Waals surface area contributed by atoms with Crippen molar-refractivity contribution in [2.75, 3.05) is 30.7 Å². The highest BCUT2D eigenvalue weighted by Crippen LogP contribution is 2.05. The molecule has 2 rings (SSSR count). The van der Waals surface area contributed by atoms with Crippen molar-refractivity contribution < 1.29 is 4.79 Å². The van der Waals surface area contributed by atoms with Crippen molar-refractivity contribution in [2.24, 2.45) is 0 Å². The van der Waals surface area contributed by atoms with Gasteiger partial charge in [0.15, 0.2) is 0 Å². The standard InChI is InChI=1S/C11H17N9O/c1-3-19(4-2)8(21)5-14-10-16-9(12)17-11(18-10)20-7-13-6-15-20/h6-7H,3-5H2,1-2H3,(H3,12,14,16,17,18). The Hall–Kier alpha value is -2.78. The molecule has 2 aromatic rings. The molecule has 0 radical (unpaired) electrons. The Morgan fingerprint density at radius 2 is 2.10 bits per heavy atom. The molecule has 112 valence electrons. The van der Waals surface area contributed by atoms with Gasteiger partial charge < -0.3 is 16.0 Å². The molecule has 10 nitrogen and oxygen atoms in total. The molecular formula is C11H17N9O. The van der Waals surface area contributed by atoms with Gasteiger partial charge in [-0.05, 0) is 13.8 Å². The Morgan fingerprint density at radius 1 is 1.33 bits per heavy atom. The molecule has 1 amide bonds. The quantitative estimate of drug-likeness (QED) is 0.716. The monoisotopic (exact) mass is 291 g/mol. The van der Waals surface area contributed by atoms with Crippen LogP contribution in [0.2, 0.25) is 0 Å². The van der Waals surface area contributed by atoms with E-state index in [9.17, 15) is 4.79 Å². The van der Waals surface area contributed by atoms with Gasteiger partial charge in [-0.1, -0.05) is 0 Å². The average Bonchev–Trinajstić information content (AvgIpc) is 3.00. The lowest BCUT2D eigenvalue weighted by Crippen LogP contribution is -2.35. The van der Waals surface area contributed by atoms with Crippen molar-refractivity contribution in [1.29, 1.82) is 0 Å². The molecule has 0 aliphatic rings. The maximum Gasteiger partial charge on any atom is 0.258 e. The SMILES string of the molecule is CCN(CC)C(=O)CNc1nc(N)nc(-n2cncn2)n1. The van der Waals surface area contributed by atoms with E-state index >= 15 is 0 Å². The first-order valence-corrected chi connectivity index (χ1v) is 6.52. The van der Waals surface area contributed by atoms with Gasteiger partial charge >= 0.3 is 0 Å². The lowest BCUT2D eigenvalue weighted by Gasteiger charge is -2.18. The first kappa shape index (κ1) is 14.6. The summed E-state index contributed by atoms with van der Waals surface area (Å²) in [7, 11) is 0. The highest BCUT2D eigenvalue weighted by molar-refractivity contribution is 5.80. The van der Waals surface area contributed by atoms with E-state index in [-0.39, 0.29) is 30.3 Å². The second-order valence-corrected chi connectivity index (χ2v) is 4.08. The number of amides is 1. The summed E-state index contributed by atoms with van der Waals surface area (Å²) in [6.45, 7) is 5.24. The van der Waals surface area contributed by atoms with Crippen LogP contribution in [0.5, 0.6) is 0 Å². The molecule has 0 aromatic carbocycles. The van der Waals surface area contributed by atoms with Gasteiger partial charge in [0.05, 0.1) is 6.54 Å². The second kappa shape index (κ2) is 6.59. The zero-order chi connectivity index (χ0) is 15.2. The minimum Gasteiger partial charge on any atom is -0.368 e. The highest BCUT2D eigenvalue weighted by Gasteiger charge is 2.11. The van der Waals surface area contributed by atoms with Crippen LogP contribution < -0.4 is 11.1 Å². The zero-order valence-electron chi connectivity index (χ0n) is 11.9. The number of nitrogens with two attached hydrogens (primary N) is 1. The van der Waals surface area contributed by atoms with Gasteiger partial charge in [0.2, 0.25) is 17.8 Å². The number of hydrogen-bond acceptors (Lipinski definition) is 8. The van der Waals surface area contributed by atoms with Gasteiger partial charge in [0.1, 0.15) is 12.7 Å². The van der Waals surface area contributed by atoms with Crippen LogP contribution in [-0.2, 0) is 4.79 Å². The third-order valence-corrected chi connectivity index (χ3v) is 2.78. The van der Waals surface area contributed by atoms with E-state index in [1.165, 1.54) is 17.3 Å². The Kier molecular flexibility index (Phi) is 4.59. The third kappa shape index (κ3) is 3.61. The van der Waals surface area contributed by atoms with Crippen LogP contribution in [0.25, 0.3) is 5.95 Å². The van der Waals surface area contributed by atoms with E-state index in [0.29, 0.717) is 13.1 Å². The normalized spacial score (nSPS) is 10.4. The van der Waals surface area contributed by atoms with Gasteiger partial charge in [-0.25, -0.2) is 4.98 Å². The third-order valence-electron chi connectivity index (χ3n) is 2.78. The van der Waals surface area contributed by atoms with Gasteiger partial charge in [0, 0.05) is 13.1 Å². The number of likely N-dealkylation sites (N-methyl/N-ethyl adjacent to an activating group) is 1. The van der Waals surface area contributed by atoms with Crippen LogP contribution in [0.15, 0.2) is 12.7 Å². The number of nitrogen functional groups attached to an aromatic ring is 1. The summed E-state index contributed by atoms with van der Waals surface area (Å²) in [6, 6.07) is 0. The summed E-state index contributed by atoms with van der Waals surface area (Å²) >= 11 is 0. The van der Waals surface area contributed by atoms with Crippen LogP contribution in [0.4, 0.5) is 11.9 Å². The molecule has 10 heteroatoms. The summed E-state index contributed by atoms with van der Waals surface area (Å²) in [6.07, 6.45) is 2.80. The molecule has 3 N–H and O–H groups in total. The van der Waals surface area contributed by atoms with Crippen molar-refractivity contribution in [2.45, 2.75) is 13.8 Å². The van der Waals surface area contributed by atoms with Gasteiger partial charge in [-0.2, -0.15) is 24.7 Å². The topological polar surface area (TPSA) is 128 Å². The van der Waals surface area contributed by atoms with Crippen molar-refractivity contribution in [3.8, 4) is 5.95 Å². The Bertz CT molecular complexity index is 594. The van der Waals surface area contributed by atoms with Crippen molar-refractivity contribution in [3.63, 3.8) is 0 Å². The highest BCUT2D eigenvalue weighted by atomic mass is 16.2. The number of carbonyl (C=O) groups excluding carboxylic acids is 1. The summed E-state index contributed by atoms with van der Waals surface area (Å²) in [5.74, 6) is 0.445. The molecule has 0 bridgehead atoms. The number of rotatable bonds is 6. The first-order chi connectivity index (χ1) is 10.1. The molecule has 0 unspecified atom stereocenters. The number of anilines is 2. The predicted molar refractivity (Wildman–Crippen MR) is 75.6 cm³/mol. The smallest absolute Gasteiger partial charge is 0.258 e. The molecule has 0 fully saturated rings. The average molecular weight is 291 g/mol. The molecule has 2 aromatic heterocycles. The van der Waals surface area contributed by atoms with Crippen LogP contribution in [0.3, 0.4) is 0 Å². The van der Waals surface area contributed by atoms with Crippen LogP contribution in [-0.4, -0.2) is 60.2 Å². The van der Waals surface area contributed by atoms with Crippen LogP contribution in [0, 0.1) is 0 Å². The fraction of sp³-hybridized carbons (Fsp3) is 0.455. The van der Waals surface area contributed by atoms with Crippen molar-refractivity contribution >= 4 is 17.8 Å². The summed E-state index contributed by atoms with van der Waals surface area (Å²) in [5, 5.41) is 6.75. The molecular weight excluding hydrogens is 274 g/mol. The summed E-state index contributed by atoms with van der Waals surface area (Å²) in [4.78, 5) is 29.4. The van der Waals surface area contributed by atoms with E-state index < -0.39 is 0 Å². The fourth-order valence-corrected chi connectivity index (χ4v) is 1.72. The lowest BCUT2D eigenvalue weighted by atomic mass is 10.4. The number of hydrogen-bond donors (Lipinski definition) is 2. The van der Waals surface area contributed by atoms with Gasteiger partial charge in [-0.15, -0.1) is 0 Å². The number of aromatic nitrogens is 6. The van der Waals surface area contributed by atoms with E-state index in [0.717, 1.165) is 0 Å². The van der Waals surface area contributed by atoms with E-state index in [1.54, 1.807) is 4.90 Å². The van der Waals surface area contributed by atoms with Crippen LogP contribution >= 0.6 is 0 Å². The van der Waals surface area contributed by atoms with Crippen molar-refractivity contribution in [1.82, 2.24) is 34.6 Å². The van der Waals surface area contributed by atoms with Crippen LogP contribution in [0.1, 0.15) is 13.8 Å². The second-order valence-electron chi connectivity index (χ2n) is 4.08. The molecule has 0 saturated carbocycles. The Balaban J connectivity index is 2.09. The Labute approximate surface area is 121 Å². The fourth-order valence-electron chi connectivity index (χ4n) is 1.72. The maximum atomic E-state index is 11.9. The summed E-state index contributed by atoms with van der Waals surface area (Å²) in [5.41, 5.74) is 5.62. The molecule has 0 atom stereocenters. The molecule has 0 saturated heterocycles. The predicted octanol–water partition coefficient (Wildman–Crippen LogP) is -0.685. The first-order valence-electron chi connectivity index (χ1n) is 6.52. The lowest BCUT2D eigenvalue weighted by molar-refractivity contribution is -0.128. The molecule has 2 heterocycles. The molecule has 0 spiro atoms. The largest absolute Gasteiger partial charge is 0.368 e. The van der Waals surface area contributed by atoms with E-state index in [1.807, 2.05) is 13.8 Å². The zero-order valence-corrected chi connectivity index (χ0v) is 11.9. The van der Waals surface area contributed by atoms with E-state index in [2.05, 4.69) is 30.4 Å². The molecule has 0 aliphatic carbocycles. The minimum absolute atomic E-state index is 0.0355. The maximum absolute atomic E-state index is 11.9. The van der Waals surface area contributed by atoms with Crippen molar-refractivity contribution in [3.05, 3.63) is 12.7 Å².